The average molecular weight is 301 g/mol. The van der Waals surface area contributed by atoms with Gasteiger partial charge in [-0.05, 0) is 49.6 Å². The van der Waals surface area contributed by atoms with Gasteiger partial charge in [0.05, 0.1) is 6.10 Å². The molecule has 118 valence electrons. The second-order valence-corrected chi connectivity index (χ2v) is 6.08. The van der Waals surface area contributed by atoms with E-state index in [4.69, 9.17) is 0 Å². The minimum atomic E-state index is -0.398. The lowest BCUT2D eigenvalue weighted by Gasteiger charge is -2.25. The molecule has 0 spiro atoms. The zero-order chi connectivity index (χ0) is 16.1. The Morgan fingerprint density at radius 3 is 2.36 bits per heavy atom. The highest BCUT2D eigenvalue weighted by molar-refractivity contribution is 5.30. The van der Waals surface area contributed by atoms with Crippen LogP contribution in [0.3, 0.4) is 0 Å². The van der Waals surface area contributed by atoms with Crippen LogP contribution < -0.4 is 0 Å². The SMILES string of the molecule is Cc1ccc(C)c(CN(Cc2ccc(F)cc2)C[C@H](C)O)c1. The summed E-state index contributed by atoms with van der Waals surface area (Å²) in [6, 6.07) is 13.0. The minimum Gasteiger partial charge on any atom is -0.392 e. The third kappa shape index (κ3) is 4.93. The molecule has 0 aliphatic heterocycles. The molecule has 0 saturated carbocycles. The Morgan fingerprint density at radius 2 is 1.73 bits per heavy atom. The normalized spacial score (nSPS) is 12.6. The molecule has 1 atom stereocenters. The summed E-state index contributed by atoms with van der Waals surface area (Å²) in [6.07, 6.45) is -0.398. The van der Waals surface area contributed by atoms with E-state index in [1.807, 2.05) is 0 Å². The first-order valence-electron chi connectivity index (χ1n) is 7.65. The quantitative estimate of drug-likeness (QED) is 0.876. The standard InChI is InChI=1S/C19H24FNO/c1-14-4-5-15(2)18(10-14)13-21(11-16(3)22)12-17-6-8-19(20)9-7-17/h4-10,16,22H,11-13H2,1-3H3/t16-/m0/s1. The van der Waals surface area contributed by atoms with Crippen molar-refractivity contribution in [2.75, 3.05) is 6.54 Å². The van der Waals surface area contributed by atoms with Gasteiger partial charge in [-0.2, -0.15) is 0 Å². The molecule has 0 aliphatic carbocycles. The van der Waals surface area contributed by atoms with Crippen LogP contribution in [0.5, 0.6) is 0 Å². The summed E-state index contributed by atoms with van der Waals surface area (Å²) in [6.45, 7) is 8.04. The lowest BCUT2D eigenvalue weighted by Crippen LogP contribution is -2.30. The Balaban J connectivity index is 2.15. The molecule has 0 saturated heterocycles. The van der Waals surface area contributed by atoms with Gasteiger partial charge in [0.15, 0.2) is 0 Å². The summed E-state index contributed by atoms with van der Waals surface area (Å²) in [5.74, 6) is -0.222. The molecule has 3 heteroatoms. The van der Waals surface area contributed by atoms with Crippen LogP contribution in [0.1, 0.15) is 29.2 Å². The van der Waals surface area contributed by atoms with E-state index < -0.39 is 6.10 Å². The maximum Gasteiger partial charge on any atom is 0.123 e. The van der Waals surface area contributed by atoms with E-state index in [-0.39, 0.29) is 5.82 Å². The summed E-state index contributed by atoms with van der Waals surface area (Å²) in [4.78, 5) is 2.19. The van der Waals surface area contributed by atoms with Crippen molar-refractivity contribution in [2.24, 2.45) is 0 Å². The smallest absolute Gasteiger partial charge is 0.123 e. The monoisotopic (exact) mass is 301 g/mol. The molecule has 2 nitrogen and oxygen atoms in total. The average Bonchev–Trinajstić information content (AvgIpc) is 2.44. The van der Waals surface area contributed by atoms with Crippen LogP contribution in [0.4, 0.5) is 4.39 Å². The molecule has 0 fully saturated rings. The Morgan fingerprint density at radius 1 is 1.05 bits per heavy atom. The number of benzene rings is 2. The fourth-order valence-corrected chi connectivity index (χ4v) is 2.62. The van der Waals surface area contributed by atoms with E-state index >= 15 is 0 Å². The fourth-order valence-electron chi connectivity index (χ4n) is 2.62. The third-order valence-corrected chi connectivity index (χ3v) is 3.74. The molecular weight excluding hydrogens is 277 g/mol. The van der Waals surface area contributed by atoms with Crippen molar-refractivity contribution >= 4 is 0 Å². The van der Waals surface area contributed by atoms with Crippen molar-refractivity contribution in [1.82, 2.24) is 4.90 Å². The topological polar surface area (TPSA) is 23.5 Å². The van der Waals surface area contributed by atoms with Crippen molar-refractivity contribution in [2.45, 2.75) is 40.0 Å². The van der Waals surface area contributed by atoms with E-state index in [9.17, 15) is 9.50 Å². The zero-order valence-corrected chi connectivity index (χ0v) is 13.5. The Bertz CT molecular complexity index is 607. The predicted molar refractivity (Wildman–Crippen MR) is 88.1 cm³/mol. The Labute approximate surface area is 132 Å². The van der Waals surface area contributed by atoms with Crippen LogP contribution in [0.2, 0.25) is 0 Å². The highest BCUT2D eigenvalue weighted by Gasteiger charge is 2.11. The number of aliphatic hydroxyl groups is 1. The highest BCUT2D eigenvalue weighted by atomic mass is 19.1. The van der Waals surface area contributed by atoms with Crippen LogP contribution >= 0.6 is 0 Å². The van der Waals surface area contributed by atoms with Crippen LogP contribution in [0.15, 0.2) is 42.5 Å². The summed E-state index contributed by atoms with van der Waals surface area (Å²) in [7, 11) is 0. The highest BCUT2D eigenvalue weighted by Crippen LogP contribution is 2.16. The van der Waals surface area contributed by atoms with Gasteiger partial charge in [-0.3, -0.25) is 4.90 Å². The summed E-state index contributed by atoms with van der Waals surface area (Å²) in [5, 5.41) is 9.75. The molecule has 2 aromatic carbocycles. The molecule has 0 amide bonds. The first-order valence-corrected chi connectivity index (χ1v) is 7.65. The fraction of sp³-hybridized carbons (Fsp3) is 0.368. The minimum absolute atomic E-state index is 0.222. The number of rotatable bonds is 6. The van der Waals surface area contributed by atoms with Gasteiger partial charge < -0.3 is 5.11 Å². The number of aryl methyl sites for hydroxylation is 2. The second kappa shape index (κ2) is 7.52. The van der Waals surface area contributed by atoms with Crippen LogP contribution in [0, 0.1) is 19.7 Å². The first-order chi connectivity index (χ1) is 10.4. The van der Waals surface area contributed by atoms with Crippen molar-refractivity contribution in [1.29, 1.82) is 0 Å². The first kappa shape index (κ1) is 16.7. The van der Waals surface area contributed by atoms with Crippen LogP contribution in [0.25, 0.3) is 0 Å². The van der Waals surface area contributed by atoms with E-state index in [2.05, 4.69) is 36.9 Å². The molecule has 0 aromatic heterocycles. The van der Waals surface area contributed by atoms with E-state index in [0.717, 1.165) is 12.1 Å². The molecule has 0 radical (unpaired) electrons. The van der Waals surface area contributed by atoms with Crippen molar-refractivity contribution < 1.29 is 9.50 Å². The molecule has 2 aromatic rings. The molecule has 0 bridgehead atoms. The van der Waals surface area contributed by atoms with Gasteiger partial charge in [-0.1, -0.05) is 35.9 Å². The van der Waals surface area contributed by atoms with E-state index in [1.54, 1.807) is 19.1 Å². The number of nitrogens with zero attached hydrogens (tertiary/aromatic N) is 1. The van der Waals surface area contributed by atoms with Crippen molar-refractivity contribution in [3.05, 3.63) is 70.5 Å². The maximum atomic E-state index is 13.0. The predicted octanol–water partition coefficient (Wildman–Crippen LogP) is 3.83. The molecular formula is C19H24FNO. The van der Waals surface area contributed by atoms with Crippen molar-refractivity contribution in [3.8, 4) is 0 Å². The summed E-state index contributed by atoms with van der Waals surface area (Å²) < 4.78 is 13.0. The van der Waals surface area contributed by atoms with Gasteiger partial charge in [0, 0.05) is 19.6 Å². The maximum absolute atomic E-state index is 13.0. The van der Waals surface area contributed by atoms with Crippen molar-refractivity contribution in [3.63, 3.8) is 0 Å². The van der Waals surface area contributed by atoms with Crippen LogP contribution in [-0.2, 0) is 13.1 Å². The number of halogens is 1. The van der Waals surface area contributed by atoms with E-state index in [0.29, 0.717) is 13.1 Å². The van der Waals surface area contributed by atoms with Gasteiger partial charge in [-0.25, -0.2) is 4.39 Å². The number of hydrogen-bond acceptors (Lipinski definition) is 2. The summed E-state index contributed by atoms with van der Waals surface area (Å²) in [5.41, 5.74) is 4.80. The van der Waals surface area contributed by atoms with E-state index in [1.165, 1.54) is 28.8 Å². The zero-order valence-electron chi connectivity index (χ0n) is 13.5. The number of hydrogen-bond donors (Lipinski definition) is 1. The van der Waals surface area contributed by atoms with Crippen LogP contribution in [-0.4, -0.2) is 22.7 Å². The molecule has 1 N–H and O–H groups in total. The van der Waals surface area contributed by atoms with Gasteiger partial charge >= 0.3 is 0 Å². The molecule has 0 aliphatic rings. The van der Waals surface area contributed by atoms with Gasteiger partial charge in [0.25, 0.3) is 0 Å². The molecule has 0 heterocycles. The Kier molecular flexibility index (Phi) is 5.69. The lowest BCUT2D eigenvalue weighted by atomic mass is 10.0. The lowest BCUT2D eigenvalue weighted by molar-refractivity contribution is 0.118. The number of aliphatic hydroxyl groups excluding tert-OH is 1. The van der Waals surface area contributed by atoms with Gasteiger partial charge in [-0.15, -0.1) is 0 Å². The second-order valence-electron chi connectivity index (χ2n) is 6.08. The molecule has 0 unspecified atom stereocenters. The largest absolute Gasteiger partial charge is 0.392 e. The van der Waals surface area contributed by atoms with Gasteiger partial charge in [0.2, 0.25) is 0 Å². The Hall–Kier alpha value is -1.71. The molecule has 22 heavy (non-hydrogen) atoms. The molecule has 2 rings (SSSR count). The summed E-state index contributed by atoms with van der Waals surface area (Å²) >= 11 is 0. The van der Waals surface area contributed by atoms with Gasteiger partial charge in [0.1, 0.15) is 5.82 Å². The third-order valence-electron chi connectivity index (χ3n) is 3.74.